The Balaban J connectivity index is 2.43. The summed E-state index contributed by atoms with van der Waals surface area (Å²) >= 11 is 0. The number of nitrogens with one attached hydrogen (secondary N) is 1. The number of aliphatic hydroxyl groups excluding tert-OH is 1. The van der Waals surface area contributed by atoms with Crippen molar-refractivity contribution in [2.24, 2.45) is 0 Å². The third-order valence-electron chi connectivity index (χ3n) is 3.04. The summed E-state index contributed by atoms with van der Waals surface area (Å²) in [6.45, 7) is 4.54. The van der Waals surface area contributed by atoms with Crippen molar-refractivity contribution in [2.45, 2.75) is 32.6 Å². The molecule has 0 aliphatic rings. The van der Waals surface area contributed by atoms with Gasteiger partial charge in [0.1, 0.15) is 6.61 Å². The average Bonchev–Trinajstić information content (AvgIpc) is 2.38. The Morgan fingerprint density at radius 1 is 1.35 bits per heavy atom. The maximum Gasteiger partial charge on any atom is 0.245 e. The first-order valence-electron chi connectivity index (χ1n) is 6.13. The third kappa shape index (κ3) is 4.57. The molecule has 0 aliphatic carbocycles. The SMILES string of the molecule is CCC(C)c1ccc(CCNC(=O)CO)cc1. The van der Waals surface area contributed by atoms with Gasteiger partial charge in [-0.25, -0.2) is 0 Å². The molecule has 0 fully saturated rings. The highest BCUT2D eigenvalue weighted by atomic mass is 16.3. The van der Waals surface area contributed by atoms with Crippen molar-refractivity contribution in [3.05, 3.63) is 35.4 Å². The highest BCUT2D eigenvalue weighted by Crippen LogP contribution is 2.18. The lowest BCUT2D eigenvalue weighted by atomic mass is 9.97. The van der Waals surface area contributed by atoms with Crippen LogP contribution in [0.15, 0.2) is 24.3 Å². The predicted octanol–water partition coefficient (Wildman–Crippen LogP) is 1.85. The van der Waals surface area contributed by atoms with Crippen LogP contribution in [0.3, 0.4) is 0 Å². The van der Waals surface area contributed by atoms with E-state index in [0.29, 0.717) is 12.5 Å². The van der Waals surface area contributed by atoms with Gasteiger partial charge in [0.15, 0.2) is 0 Å². The predicted molar refractivity (Wildman–Crippen MR) is 68.9 cm³/mol. The number of carbonyl (C=O) groups excluding carboxylic acids is 1. The van der Waals surface area contributed by atoms with Gasteiger partial charge < -0.3 is 10.4 Å². The van der Waals surface area contributed by atoms with Crippen LogP contribution in [-0.4, -0.2) is 24.2 Å². The first-order chi connectivity index (χ1) is 8.17. The van der Waals surface area contributed by atoms with Gasteiger partial charge in [-0.1, -0.05) is 38.1 Å². The van der Waals surface area contributed by atoms with Crippen LogP contribution in [0.25, 0.3) is 0 Å². The summed E-state index contributed by atoms with van der Waals surface area (Å²) in [6, 6.07) is 8.51. The van der Waals surface area contributed by atoms with Gasteiger partial charge in [0, 0.05) is 6.54 Å². The molecule has 1 rings (SSSR count). The van der Waals surface area contributed by atoms with E-state index in [1.165, 1.54) is 11.1 Å². The van der Waals surface area contributed by atoms with Gasteiger partial charge in [-0.3, -0.25) is 4.79 Å². The first kappa shape index (κ1) is 13.7. The Morgan fingerprint density at radius 3 is 2.53 bits per heavy atom. The molecule has 1 aromatic carbocycles. The van der Waals surface area contributed by atoms with Crippen LogP contribution < -0.4 is 5.32 Å². The molecule has 1 aromatic rings. The van der Waals surface area contributed by atoms with Crippen molar-refractivity contribution in [3.63, 3.8) is 0 Å². The van der Waals surface area contributed by atoms with Crippen molar-refractivity contribution < 1.29 is 9.90 Å². The van der Waals surface area contributed by atoms with Gasteiger partial charge >= 0.3 is 0 Å². The van der Waals surface area contributed by atoms with E-state index >= 15 is 0 Å². The van der Waals surface area contributed by atoms with E-state index < -0.39 is 6.61 Å². The maximum atomic E-state index is 10.8. The molecule has 17 heavy (non-hydrogen) atoms. The van der Waals surface area contributed by atoms with Gasteiger partial charge in [-0.2, -0.15) is 0 Å². The zero-order chi connectivity index (χ0) is 12.7. The Bertz CT molecular complexity index is 346. The molecule has 1 unspecified atom stereocenters. The second-order valence-electron chi connectivity index (χ2n) is 4.31. The van der Waals surface area contributed by atoms with E-state index in [9.17, 15) is 4.79 Å². The molecule has 0 spiro atoms. The number of benzene rings is 1. The van der Waals surface area contributed by atoms with Crippen LogP contribution in [0.5, 0.6) is 0 Å². The minimum atomic E-state index is -0.438. The summed E-state index contributed by atoms with van der Waals surface area (Å²) in [7, 11) is 0. The van der Waals surface area contributed by atoms with E-state index in [0.717, 1.165) is 12.8 Å². The lowest BCUT2D eigenvalue weighted by Gasteiger charge is -2.10. The fraction of sp³-hybridized carbons (Fsp3) is 0.500. The number of hydrogen-bond acceptors (Lipinski definition) is 2. The summed E-state index contributed by atoms with van der Waals surface area (Å²) < 4.78 is 0. The van der Waals surface area contributed by atoms with E-state index in [2.05, 4.69) is 43.4 Å². The molecule has 0 aromatic heterocycles. The normalized spacial score (nSPS) is 12.2. The van der Waals surface area contributed by atoms with Crippen LogP contribution in [0.4, 0.5) is 0 Å². The molecule has 3 heteroatoms. The van der Waals surface area contributed by atoms with Crippen molar-refractivity contribution in [1.82, 2.24) is 5.32 Å². The standard InChI is InChI=1S/C14H21NO2/c1-3-11(2)13-6-4-12(5-7-13)8-9-15-14(17)10-16/h4-7,11,16H,3,8-10H2,1-2H3,(H,15,17). The number of aliphatic hydroxyl groups is 1. The number of carbonyl (C=O) groups is 1. The fourth-order valence-corrected chi connectivity index (χ4v) is 1.65. The molecule has 0 bridgehead atoms. The zero-order valence-corrected chi connectivity index (χ0v) is 10.6. The summed E-state index contributed by atoms with van der Waals surface area (Å²) in [4.78, 5) is 10.8. The van der Waals surface area contributed by atoms with E-state index in [1.807, 2.05) is 0 Å². The summed E-state index contributed by atoms with van der Waals surface area (Å²) in [6.07, 6.45) is 1.94. The number of hydrogen-bond donors (Lipinski definition) is 2. The smallest absolute Gasteiger partial charge is 0.245 e. The van der Waals surface area contributed by atoms with Crippen LogP contribution >= 0.6 is 0 Å². The lowest BCUT2D eigenvalue weighted by Crippen LogP contribution is -2.28. The largest absolute Gasteiger partial charge is 0.387 e. The number of amides is 1. The van der Waals surface area contributed by atoms with Crippen molar-refractivity contribution >= 4 is 5.91 Å². The molecule has 0 aliphatic heterocycles. The van der Waals surface area contributed by atoms with Crippen LogP contribution in [0, 0.1) is 0 Å². The Morgan fingerprint density at radius 2 is 2.00 bits per heavy atom. The molecular weight excluding hydrogens is 214 g/mol. The van der Waals surface area contributed by atoms with Gasteiger partial charge in [-0.05, 0) is 29.9 Å². The number of rotatable bonds is 6. The van der Waals surface area contributed by atoms with Crippen molar-refractivity contribution in [2.75, 3.05) is 13.2 Å². The Hall–Kier alpha value is -1.35. The van der Waals surface area contributed by atoms with E-state index in [1.54, 1.807) is 0 Å². The summed E-state index contributed by atoms with van der Waals surface area (Å²) in [5, 5.41) is 11.2. The molecular formula is C14H21NO2. The van der Waals surface area contributed by atoms with Crippen LogP contribution in [0.2, 0.25) is 0 Å². The quantitative estimate of drug-likeness (QED) is 0.790. The molecule has 1 amide bonds. The van der Waals surface area contributed by atoms with Gasteiger partial charge in [0.05, 0.1) is 0 Å². The molecule has 0 saturated heterocycles. The van der Waals surface area contributed by atoms with Gasteiger partial charge in [-0.15, -0.1) is 0 Å². The molecule has 0 saturated carbocycles. The molecule has 94 valence electrons. The fourth-order valence-electron chi connectivity index (χ4n) is 1.65. The topological polar surface area (TPSA) is 49.3 Å². The Labute approximate surface area is 103 Å². The summed E-state index contributed by atoms with van der Waals surface area (Å²) in [5.74, 6) is 0.277. The Kier molecular flexibility index (Phi) is 5.70. The minimum absolute atomic E-state index is 0.318. The highest BCUT2D eigenvalue weighted by molar-refractivity contribution is 5.76. The zero-order valence-electron chi connectivity index (χ0n) is 10.6. The van der Waals surface area contributed by atoms with E-state index in [4.69, 9.17) is 5.11 Å². The third-order valence-corrected chi connectivity index (χ3v) is 3.04. The van der Waals surface area contributed by atoms with Crippen LogP contribution in [0.1, 0.15) is 37.3 Å². The monoisotopic (exact) mass is 235 g/mol. The second-order valence-corrected chi connectivity index (χ2v) is 4.31. The molecule has 1 atom stereocenters. The molecule has 0 radical (unpaired) electrons. The van der Waals surface area contributed by atoms with E-state index in [-0.39, 0.29) is 5.91 Å². The molecule has 0 heterocycles. The first-order valence-corrected chi connectivity index (χ1v) is 6.13. The second kappa shape index (κ2) is 7.07. The minimum Gasteiger partial charge on any atom is -0.387 e. The van der Waals surface area contributed by atoms with Gasteiger partial charge in [0.2, 0.25) is 5.91 Å². The average molecular weight is 235 g/mol. The highest BCUT2D eigenvalue weighted by Gasteiger charge is 2.02. The maximum absolute atomic E-state index is 10.8. The van der Waals surface area contributed by atoms with Crippen molar-refractivity contribution in [1.29, 1.82) is 0 Å². The van der Waals surface area contributed by atoms with Crippen molar-refractivity contribution in [3.8, 4) is 0 Å². The van der Waals surface area contributed by atoms with Gasteiger partial charge in [0.25, 0.3) is 0 Å². The summed E-state index contributed by atoms with van der Waals surface area (Å²) in [5.41, 5.74) is 2.56. The van der Waals surface area contributed by atoms with Crippen LogP contribution in [-0.2, 0) is 11.2 Å². The molecule has 3 nitrogen and oxygen atoms in total. The molecule has 2 N–H and O–H groups in total. The lowest BCUT2D eigenvalue weighted by molar-refractivity contribution is -0.123.